The van der Waals surface area contributed by atoms with E-state index in [-0.39, 0.29) is 5.75 Å². The maximum atomic E-state index is 10.9. The summed E-state index contributed by atoms with van der Waals surface area (Å²) in [6, 6.07) is 0. The molecule has 0 saturated heterocycles. The van der Waals surface area contributed by atoms with E-state index in [1.165, 1.54) is 6.08 Å². The summed E-state index contributed by atoms with van der Waals surface area (Å²) < 4.78 is 42.5. The number of sulfone groups is 1. The second-order valence-corrected chi connectivity index (χ2v) is 6.23. The van der Waals surface area contributed by atoms with Crippen LogP contribution in [-0.4, -0.2) is 34.1 Å². The van der Waals surface area contributed by atoms with Gasteiger partial charge >= 0.3 is 0 Å². The highest BCUT2D eigenvalue weighted by Crippen LogP contribution is 1.92. The van der Waals surface area contributed by atoms with Gasteiger partial charge < -0.3 is 0 Å². The Balaban J connectivity index is 4.20. The van der Waals surface area contributed by atoms with Crippen molar-refractivity contribution in [1.29, 1.82) is 0 Å². The smallest absolute Gasteiger partial charge is 0.210 e. The SMILES string of the molecule is C=CCS(=O)(=O)CCS(N)(=O)=O. The molecule has 0 atom stereocenters. The first-order valence-electron chi connectivity index (χ1n) is 3.08. The predicted octanol–water partition coefficient (Wildman–Crippen LogP) is -1.12. The molecule has 0 fully saturated rings. The van der Waals surface area contributed by atoms with E-state index in [2.05, 4.69) is 11.7 Å². The average molecular weight is 213 g/mol. The molecule has 0 spiro atoms. The highest BCUT2D eigenvalue weighted by atomic mass is 32.2. The van der Waals surface area contributed by atoms with Gasteiger partial charge in [-0.25, -0.2) is 22.0 Å². The first kappa shape index (κ1) is 11.6. The van der Waals surface area contributed by atoms with Crippen LogP contribution in [0.5, 0.6) is 0 Å². The highest BCUT2D eigenvalue weighted by molar-refractivity contribution is 7.94. The molecule has 0 amide bonds. The van der Waals surface area contributed by atoms with Crippen molar-refractivity contribution in [2.24, 2.45) is 5.14 Å². The molecule has 0 aliphatic heterocycles. The molecule has 7 heteroatoms. The standard InChI is InChI=1S/C5H11NO4S2/c1-2-3-11(7,8)4-5-12(6,9)10/h2H,1,3-5H2,(H2,6,9,10). The lowest BCUT2D eigenvalue weighted by atomic mass is 10.8. The number of hydrogen-bond acceptors (Lipinski definition) is 4. The van der Waals surface area contributed by atoms with Crippen LogP contribution in [0.2, 0.25) is 0 Å². The minimum Gasteiger partial charge on any atom is -0.229 e. The third-order valence-electron chi connectivity index (χ3n) is 1.05. The fourth-order valence-electron chi connectivity index (χ4n) is 0.506. The number of sulfonamides is 1. The molecule has 0 unspecified atom stereocenters. The van der Waals surface area contributed by atoms with Gasteiger partial charge in [0.1, 0.15) is 0 Å². The van der Waals surface area contributed by atoms with Crippen molar-refractivity contribution in [3.05, 3.63) is 12.7 Å². The van der Waals surface area contributed by atoms with Crippen molar-refractivity contribution in [2.45, 2.75) is 0 Å². The molecule has 72 valence electrons. The van der Waals surface area contributed by atoms with Crippen LogP contribution in [0, 0.1) is 0 Å². The second-order valence-electron chi connectivity index (χ2n) is 2.27. The van der Waals surface area contributed by atoms with Crippen LogP contribution in [0.3, 0.4) is 0 Å². The van der Waals surface area contributed by atoms with Gasteiger partial charge in [0, 0.05) is 0 Å². The van der Waals surface area contributed by atoms with Crippen molar-refractivity contribution in [1.82, 2.24) is 0 Å². The average Bonchev–Trinajstić information content (AvgIpc) is 1.83. The second kappa shape index (κ2) is 4.01. The Morgan fingerprint density at radius 2 is 1.67 bits per heavy atom. The summed E-state index contributed by atoms with van der Waals surface area (Å²) in [6.07, 6.45) is 1.21. The van der Waals surface area contributed by atoms with Gasteiger partial charge in [0.15, 0.2) is 9.84 Å². The van der Waals surface area contributed by atoms with Gasteiger partial charge in [0.25, 0.3) is 0 Å². The molecule has 0 bridgehead atoms. The summed E-state index contributed by atoms with van der Waals surface area (Å²) in [7, 11) is -7.03. The van der Waals surface area contributed by atoms with Gasteiger partial charge in [-0.3, -0.25) is 0 Å². The predicted molar refractivity (Wildman–Crippen MR) is 46.8 cm³/mol. The molecule has 0 saturated carbocycles. The summed E-state index contributed by atoms with van der Waals surface area (Å²) in [5, 5.41) is 4.62. The lowest BCUT2D eigenvalue weighted by Crippen LogP contribution is -2.24. The minimum atomic E-state index is -3.69. The van der Waals surface area contributed by atoms with Crippen molar-refractivity contribution in [2.75, 3.05) is 17.3 Å². The highest BCUT2D eigenvalue weighted by Gasteiger charge is 2.12. The minimum absolute atomic E-state index is 0.220. The molecular weight excluding hydrogens is 202 g/mol. The van der Waals surface area contributed by atoms with Crippen LogP contribution < -0.4 is 5.14 Å². The molecule has 0 heterocycles. The van der Waals surface area contributed by atoms with E-state index >= 15 is 0 Å². The molecule has 0 rings (SSSR count). The molecular formula is C5H11NO4S2. The number of nitrogens with two attached hydrogens (primary N) is 1. The molecule has 12 heavy (non-hydrogen) atoms. The van der Waals surface area contributed by atoms with Gasteiger partial charge in [-0.05, 0) is 0 Å². The maximum absolute atomic E-state index is 10.9. The first-order valence-corrected chi connectivity index (χ1v) is 6.62. The van der Waals surface area contributed by atoms with Gasteiger partial charge in [-0.15, -0.1) is 6.58 Å². The van der Waals surface area contributed by atoms with E-state index in [1.807, 2.05) is 0 Å². The van der Waals surface area contributed by atoms with Crippen LogP contribution in [-0.2, 0) is 19.9 Å². The maximum Gasteiger partial charge on any atom is 0.210 e. The lowest BCUT2D eigenvalue weighted by Gasteiger charge is -1.98. The molecule has 0 radical (unpaired) electrons. The fraction of sp³-hybridized carbons (Fsp3) is 0.600. The molecule has 0 aromatic rings. The first-order chi connectivity index (χ1) is 5.27. The molecule has 2 N–H and O–H groups in total. The summed E-state index contributed by atoms with van der Waals surface area (Å²) in [4.78, 5) is 0. The van der Waals surface area contributed by atoms with Crippen molar-refractivity contribution < 1.29 is 16.8 Å². The van der Waals surface area contributed by atoms with Crippen LogP contribution in [0.25, 0.3) is 0 Å². The Morgan fingerprint density at radius 3 is 2.00 bits per heavy atom. The van der Waals surface area contributed by atoms with Crippen molar-refractivity contribution in [3.63, 3.8) is 0 Å². The van der Waals surface area contributed by atoms with Gasteiger partial charge in [-0.1, -0.05) is 6.08 Å². The zero-order chi connectivity index (χ0) is 9.83. The lowest BCUT2D eigenvalue weighted by molar-refractivity contribution is 0.590. The Bertz CT molecular complexity index is 340. The summed E-state index contributed by atoms with van der Waals surface area (Å²) in [5.74, 6) is -1.20. The van der Waals surface area contributed by atoms with E-state index in [4.69, 9.17) is 0 Å². The van der Waals surface area contributed by atoms with Gasteiger partial charge in [-0.2, -0.15) is 0 Å². The molecule has 0 aromatic heterocycles. The third-order valence-corrected chi connectivity index (χ3v) is 3.65. The Morgan fingerprint density at radius 1 is 1.17 bits per heavy atom. The van der Waals surface area contributed by atoms with E-state index in [0.29, 0.717) is 0 Å². The van der Waals surface area contributed by atoms with Crippen molar-refractivity contribution in [3.8, 4) is 0 Å². The van der Waals surface area contributed by atoms with E-state index in [1.54, 1.807) is 0 Å². The summed E-state index contributed by atoms with van der Waals surface area (Å²) >= 11 is 0. The number of primary sulfonamides is 1. The third kappa shape index (κ3) is 6.32. The van der Waals surface area contributed by atoms with Crippen LogP contribution >= 0.6 is 0 Å². The van der Waals surface area contributed by atoms with Crippen LogP contribution in [0.1, 0.15) is 0 Å². The number of hydrogen-bond donors (Lipinski definition) is 1. The van der Waals surface area contributed by atoms with E-state index < -0.39 is 31.4 Å². The number of rotatable bonds is 5. The zero-order valence-corrected chi connectivity index (χ0v) is 8.07. The van der Waals surface area contributed by atoms with E-state index in [9.17, 15) is 16.8 Å². The van der Waals surface area contributed by atoms with Crippen molar-refractivity contribution >= 4 is 19.9 Å². The van der Waals surface area contributed by atoms with Crippen LogP contribution in [0.4, 0.5) is 0 Å². The molecule has 0 aliphatic carbocycles. The van der Waals surface area contributed by atoms with Crippen LogP contribution in [0.15, 0.2) is 12.7 Å². The summed E-state index contributed by atoms with van der Waals surface area (Å²) in [5.41, 5.74) is 0. The Kier molecular flexibility index (Phi) is 3.88. The van der Waals surface area contributed by atoms with Gasteiger partial charge in [0.2, 0.25) is 10.0 Å². The molecule has 5 nitrogen and oxygen atoms in total. The summed E-state index contributed by atoms with van der Waals surface area (Å²) in [6.45, 7) is 3.23. The Labute approximate surface area is 72.2 Å². The van der Waals surface area contributed by atoms with E-state index in [0.717, 1.165) is 0 Å². The van der Waals surface area contributed by atoms with Gasteiger partial charge in [0.05, 0.1) is 17.3 Å². The quantitative estimate of drug-likeness (QED) is 0.585. The topological polar surface area (TPSA) is 94.3 Å². The fourth-order valence-corrected chi connectivity index (χ4v) is 2.98. The molecule has 0 aromatic carbocycles. The zero-order valence-electron chi connectivity index (χ0n) is 6.43. The molecule has 0 aliphatic rings. The normalized spacial score (nSPS) is 12.8. The monoisotopic (exact) mass is 213 g/mol. The largest absolute Gasteiger partial charge is 0.229 e. The Hall–Kier alpha value is -0.400.